The van der Waals surface area contributed by atoms with Gasteiger partial charge in [0.25, 0.3) is 0 Å². The summed E-state index contributed by atoms with van der Waals surface area (Å²) in [4.78, 5) is 2.38. The summed E-state index contributed by atoms with van der Waals surface area (Å²) >= 11 is 1.86. The van der Waals surface area contributed by atoms with Crippen molar-refractivity contribution < 1.29 is 0 Å². The van der Waals surface area contributed by atoms with Gasteiger partial charge in [-0.05, 0) is 123 Å². The summed E-state index contributed by atoms with van der Waals surface area (Å²) in [5.74, 6) is 0. The normalized spacial score (nSPS) is 11.6. The molecule has 2 nitrogen and oxygen atoms in total. The molecule has 3 heteroatoms. The van der Waals surface area contributed by atoms with Gasteiger partial charge in [0.05, 0.1) is 11.0 Å². The van der Waals surface area contributed by atoms with E-state index in [0.717, 1.165) is 22.7 Å². The minimum Gasteiger partial charge on any atom is -0.310 e. The second-order valence-electron chi connectivity index (χ2n) is 15.8. The molecule has 12 aromatic rings. The van der Waals surface area contributed by atoms with Crippen molar-refractivity contribution in [3.8, 4) is 39.1 Å². The highest BCUT2D eigenvalue weighted by atomic mass is 32.1. The van der Waals surface area contributed by atoms with Gasteiger partial charge in [-0.1, -0.05) is 152 Å². The monoisotopic (exact) mass is 794 g/mol. The van der Waals surface area contributed by atoms with E-state index in [2.05, 4.69) is 240 Å². The molecule has 0 saturated carbocycles. The number of para-hydroxylation sites is 2. The Morgan fingerprint density at radius 2 is 0.787 bits per heavy atom. The molecule has 0 aliphatic rings. The van der Waals surface area contributed by atoms with Crippen molar-refractivity contribution in [3.05, 3.63) is 231 Å². The highest BCUT2D eigenvalue weighted by molar-refractivity contribution is 7.25. The van der Waals surface area contributed by atoms with Gasteiger partial charge in [-0.15, -0.1) is 11.3 Å². The molecule has 12 rings (SSSR count). The lowest BCUT2D eigenvalue weighted by molar-refractivity contribution is 1.17. The summed E-state index contributed by atoms with van der Waals surface area (Å²) in [6.45, 7) is 0. The average molecular weight is 795 g/mol. The first-order valence-electron chi connectivity index (χ1n) is 20.8. The van der Waals surface area contributed by atoms with Crippen LogP contribution in [0, 0.1) is 0 Å². The van der Waals surface area contributed by atoms with Crippen LogP contribution in [0.5, 0.6) is 0 Å². The third kappa shape index (κ3) is 6.18. The van der Waals surface area contributed by atoms with Gasteiger partial charge in [-0.25, -0.2) is 0 Å². The number of rotatable bonds is 7. The summed E-state index contributed by atoms with van der Waals surface area (Å²) < 4.78 is 5.04. The molecule has 0 amide bonds. The van der Waals surface area contributed by atoms with Gasteiger partial charge in [0, 0.05) is 53.7 Å². The third-order valence-electron chi connectivity index (χ3n) is 12.2. The van der Waals surface area contributed by atoms with Crippen LogP contribution in [0.25, 0.3) is 91.8 Å². The highest BCUT2D eigenvalue weighted by Crippen LogP contribution is 2.41. The fraction of sp³-hybridized carbons (Fsp3) is 0. The Balaban J connectivity index is 0.931. The molecular weight excluding hydrogens is 757 g/mol. The second-order valence-corrected chi connectivity index (χ2v) is 16.9. The van der Waals surface area contributed by atoms with E-state index in [-0.39, 0.29) is 0 Å². The van der Waals surface area contributed by atoms with E-state index >= 15 is 0 Å². The van der Waals surface area contributed by atoms with Gasteiger partial charge in [0.2, 0.25) is 0 Å². The van der Waals surface area contributed by atoms with Gasteiger partial charge < -0.3 is 9.47 Å². The number of hydrogen-bond acceptors (Lipinski definition) is 2. The van der Waals surface area contributed by atoms with Crippen LogP contribution in [-0.4, -0.2) is 4.57 Å². The van der Waals surface area contributed by atoms with Crippen molar-refractivity contribution in [2.75, 3.05) is 4.90 Å². The first kappa shape index (κ1) is 35.2. The lowest BCUT2D eigenvalue weighted by atomic mass is 9.98. The first-order valence-corrected chi connectivity index (χ1v) is 21.6. The number of nitrogens with zero attached hydrogens (tertiary/aromatic N) is 2. The molecule has 2 heterocycles. The third-order valence-corrected chi connectivity index (χ3v) is 13.3. The van der Waals surface area contributed by atoms with Crippen molar-refractivity contribution in [3.63, 3.8) is 0 Å². The molecule has 0 saturated heterocycles. The van der Waals surface area contributed by atoms with Crippen molar-refractivity contribution in [2.24, 2.45) is 0 Å². The zero-order chi connectivity index (χ0) is 40.3. The maximum absolute atomic E-state index is 2.39. The Kier molecular flexibility index (Phi) is 8.39. The van der Waals surface area contributed by atoms with Crippen LogP contribution in [0.15, 0.2) is 231 Å². The molecule has 0 bridgehead atoms. The van der Waals surface area contributed by atoms with Crippen LogP contribution in [0.3, 0.4) is 0 Å². The second kappa shape index (κ2) is 14.5. The lowest BCUT2D eigenvalue weighted by Gasteiger charge is -2.26. The number of benzene rings is 10. The molecule has 0 atom stereocenters. The zero-order valence-electron chi connectivity index (χ0n) is 33.2. The van der Waals surface area contributed by atoms with Gasteiger partial charge in [-0.3, -0.25) is 0 Å². The van der Waals surface area contributed by atoms with E-state index < -0.39 is 0 Å². The molecule has 0 aliphatic heterocycles. The Labute approximate surface area is 358 Å². The minimum absolute atomic E-state index is 1.09. The van der Waals surface area contributed by atoms with E-state index in [4.69, 9.17) is 0 Å². The van der Waals surface area contributed by atoms with Gasteiger partial charge in [0.15, 0.2) is 0 Å². The van der Waals surface area contributed by atoms with Crippen molar-refractivity contribution in [1.82, 2.24) is 4.57 Å². The minimum atomic E-state index is 1.09. The standard InChI is InChI=1S/C58H38N2S/c1-2-11-44-36-45(25-24-39(44)10-1)42-22-20-40(21-23-42)41-26-31-47(32-27-41)59(48-33-28-43(29-34-48)46-30-35-58-54(37-46)53-16-5-8-19-57(53)61-58)49-12-9-13-50(38-49)60-55-17-6-3-14-51(55)52-15-4-7-18-56(52)60/h1-38H. The number of anilines is 3. The van der Waals surface area contributed by atoms with Crippen LogP contribution >= 0.6 is 11.3 Å². The average Bonchev–Trinajstić information content (AvgIpc) is 3.88. The number of hydrogen-bond donors (Lipinski definition) is 0. The van der Waals surface area contributed by atoms with Gasteiger partial charge in [0.1, 0.15) is 0 Å². The molecule has 2 aromatic heterocycles. The van der Waals surface area contributed by atoms with E-state index in [9.17, 15) is 0 Å². The molecule has 0 radical (unpaired) electrons. The summed E-state index contributed by atoms with van der Waals surface area (Å²) in [5.41, 5.74) is 14.0. The zero-order valence-corrected chi connectivity index (χ0v) is 34.1. The summed E-state index contributed by atoms with van der Waals surface area (Å²) in [6.07, 6.45) is 0. The Morgan fingerprint density at radius 3 is 1.46 bits per heavy atom. The molecule has 0 fully saturated rings. The summed E-state index contributed by atoms with van der Waals surface area (Å²) in [6, 6.07) is 84.2. The van der Waals surface area contributed by atoms with Crippen molar-refractivity contribution >= 4 is 81.1 Å². The van der Waals surface area contributed by atoms with E-state index in [1.54, 1.807) is 0 Å². The van der Waals surface area contributed by atoms with Gasteiger partial charge >= 0.3 is 0 Å². The molecule has 61 heavy (non-hydrogen) atoms. The Bertz CT molecular complexity index is 3520. The quantitative estimate of drug-likeness (QED) is 0.156. The van der Waals surface area contributed by atoms with Crippen LogP contribution in [0.1, 0.15) is 0 Å². The van der Waals surface area contributed by atoms with Gasteiger partial charge in [-0.2, -0.15) is 0 Å². The van der Waals surface area contributed by atoms with Crippen LogP contribution in [-0.2, 0) is 0 Å². The summed E-state index contributed by atoms with van der Waals surface area (Å²) in [5, 5.41) is 7.66. The maximum Gasteiger partial charge on any atom is 0.0541 e. The maximum atomic E-state index is 2.39. The van der Waals surface area contributed by atoms with Crippen LogP contribution in [0.4, 0.5) is 17.1 Å². The SMILES string of the molecule is c1cc(N(c2ccc(-c3ccc(-c4ccc5ccccc5c4)cc3)cc2)c2ccc(-c3ccc4sc5ccccc5c4c3)cc2)cc(-n2c3ccccc3c3ccccc32)c1. The molecule has 0 spiro atoms. The molecule has 10 aromatic carbocycles. The Morgan fingerprint density at radius 1 is 0.295 bits per heavy atom. The molecular formula is C58H38N2S. The lowest BCUT2D eigenvalue weighted by Crippen LogP contribution is -2.10. The van der Waals surface area contributed by atoms with E-state index in [1.165, 1.54) is 86.1 Å². The van der Waals surface area contributed by atoms with Crippen molar-refractivity contribution in [1.29, 1.82) is 0 Å². The van der Waals surface area contributed by atoms with E-state index in [0.29, 0.717) is 0 Å². The first-order chi connectivity index (χ1) is 30.2. The number of fused-ring (bicyclic) bond motifs is 7. The van der Waals surface area contributed by atoms with Crippen LogP contribution in [0.2, 0.25) is 0 Å². The molecule has 0 aliphatic carbocycles. The molecule has 286 valence electrons. The molecule has 0 unspecified atom stereocenters. The predicted molar refractivity (Wildman–Crippen MR) is 262 cm³/mol. The molecule has 0 N–H and O–H groups in total. The smallest absolute Gasteiger partial charge is 0.0541 e. The number of thiophene rings is 1. The van der Waals surface area contributed by atoms with Crippen LogP contribution < -0.4 is 4.90 Å². The fourth-order valence-corrected chi connectivity index (χ4v) is 10.2. The fourth-order valence-electron chi connectivity index (χ4n) is 9.15. The predicted octanol–water partition coefficient (Wildman–Crippen LogP) is 16.8. The largest absolute Gasteiger partial charge is 0.310 e. The van der Waals surface area contributed by atoms with Crippen molar-refractivity contribution in [2.45, 2.75) is 0 Å². The van der Waals surface area contributed by atoms with E-state index in [1.807, 2.05) is 11.3 Å². The highest BCUT2D eigenvalue weighted by Gasteiger charge is 2.17. The summed E-state index contributed by atoms with van der Waals surface area (Å²) in [7, 11) is 0. The Hall–Kier alpha value is -7.72. The number of aromatic nitrogens is 1. The topological polar surface area (TPSA) is 8.17 Å².